The number of urea groups is 1. The maximum Gasteiger partial charge on any atom is 0.407 e. The first-order valence-electron chi connectivity index (χ1n) is 9.59. The summed E-state index contributed by atoms with van der Waals surface area (Å²) in [7, 11) is 0. The van der Waals surface area contributed by atoms with Crippen LogP contribution in [-0.2, 0) is 6.54 Å². The zero-order valence-electron chi connectivity index (χ0n) is 17.0. The number of amides is 4. The zero-order valence-corrected chi connectivity index (χ0v) is 17.8. The summed E-state index contributed by atoms with van der Waals surface area (Å²) in [4.78, 5) is 36.5. The lowest BCUT2D eigenvalue weighted by Gasteiger charge is -2.20. The molecule has 0 spiro atoms. The van der Waals surface area contributed by atoms with Crippen molar-refractivity contribution in [2.24, 2.45) is 11.5 Å². The SMILES string of the molecule is NC(=O)Nc1sc(-c2ccccc2OCCN(Cc2ccccc2)C(=O)O)cc1C(N)=O. The van der Waals surface area contributed by atoms with Crippen molar-refractivity contribution in [3.05, 3.63) is 71.8 Å². The van der Waals surface area contributed by atoms with Gasteiger partial charge in [0.2, 0.25) is 0 Å². The Bertz CT molecular complexity index is 1120. The number of ether oxygens (including phenoxy) is 1. The van der Waals surface area contributed by atoms with Crippen LogP contribution in [0, 0.1) is 0 Å². The molecule has 1 aromatic heterocycles. The van der Waals surface area contributed by atoms with E-state index < -0.39 is 18.0 Å². The molecule has 0 atom stereocenters. The molecule has 0 aliphatic rings. The summed E-state index contributed by atoms with van der Waals surface area (Å²) in [5, 5.41) is 12.2. The van der Waals surface area contributed by atoms with E-state index >= 15 is 0 Å². The molecule has 4 amide bonds. The summed E-state index contributed by atoms with van der Waals surface area (Å²) in [6.45, 7) is 0.525. The summed E-state index contributed by atoms with van der Waals surface area (Å²) in [5.74, 6) is -0.201. The second kappa shape index (κ2) is 10.3. The Hall–Kier alpha value is -4.05. The van der Waals surface area contributed by atoms with Crippen LogP contribution in [0.2, 0.25) is 0 Å². The fourth-order valence-corrected chi connectivity index (χ4v) is 4.12. The highest BCUT2D eigenvalue weighted by atomic mass is 32.1. The molecule has 0 unspecified atom stereocenters. The van der Waals surface area contributed by atoms with Gasteiger partial charge in [-0.1, -0.05) is 42.5 Å². The first kappa shape index (κ1) is 22.6. The van der Waals surface area contributed by atoms with E-state index in [4.69, 9.17) is 16.2 Å². The third-order valence-electron chi connectivity index (χ3n) is 4.49. The summed E-state index contributed by atoms with van der Waals surface area (Å²) in [6, 6.07) is 17.1. The smallest absolute Gasteiger partial charge is 0.407 e. The lowest BCUT2D eigenvalue weighted by Crippen LogP contribution is -2.32. The second-order valence-corrected chi connectivity index (χ2v) is 7.79. The lowest BCUT2D eigenvalue weighted by molar-refractivity contribution is 0.100. The molecular formula is C22H22N4O5S. The molecule has 0 saturated carbocycles. The Morgan fingerprint density at radius 3 is 2.38 bits per heavy atom. The van der Waals surface area contributed by atoms with Crippen LogP contribution in [0.4, 0.5) is 14.6 Å². The lowest BCUT2D eigenvalue weighted by atomic mass is 10.1. The molecule has 9 nitrogen and oxygen atoms in total. The van der Waals surface area contributed by atoms with Gasteiger partial charge in [0.25, 0.3) is 5.91 Å². The number of carboxylic acid groups (broad SMARTS) is 1. The standard InChI is InChI=1S/C22H22N4O5S/c23-19(27)16-12-18(32-20(16)25-21(24)28)15-8-4-5-9-17(15)31-11-10-26(22(29)30)13-14-6-2-1-3-7-14/h1-9,12H,10-11,13H2,(H2,23,27)(H,29,30)(H3,24,25,28). The highest BCUT2D eigenvalue weighted by Crippen LogP contribution is 2.39. The van der Waals surface area contributed by atoms with Crippen LogP contribution < -0.4 is 21.5 Å². The van der Waals surface area contributed by atoms with Gasteiger partial charge in [0.1, 0.15) is 17.4 Å². The fourth-order valence-electron chi connectivity index (χ4n) is 3.02. The Kier molecular flexibility index (Phi) is 7.29. The van der Waals surface area contributed by atoms with Crippen LogP contribution in [0.3, 0.4) is 0 Å². The molecule has 0 bridgehead atoms. The van der Waals surface area contributed by atoms with Crippen LogP contribution in [-0.4, -0.2) is 41.2 Å². The Balaban J connectivity index is 1.75. The molecule has 2 aromatic carbocycles. The topological polar surface area (TPSA) is 148 Å². The van der Waals surface area contributed by atoms with Gasteiger partial charge < -0.3 is 26.2 Å². The molecule has 166 valence electrons. The number of carbonyl (C=O) groups excluding carboxylic acids is 2. The quantitative estimate of drug-likeness (QED) is 0.390. The van der Waals surface area contributed by atoms with E-state index in [1.54, 1.807) is 30.3 Å². The first-order chi connectivity index (χ1) is 15.3. The molecular weight excluding hydrogens is 432 g/mol. The fraction of sp³-hybridized carbons (Fsp3) is 0.136. The molecule has 0 radical (unpaired) electrons. The Labute approximate surface area is 188 Å². The minimum absolute atomic E-state index is 0.122. The molecule has 6 N–H and O–H groups in total. The van der Waals surface area contributed by atoms with E-state index in [1.165, 1.54) is 4.90 Å². The van der Waals surface area contributed by atoms with Crippen LogP contribution in [0.1, 0.15) is 15.9 Å². The molecule has 10 heteroatoms. The summed E-state index contributed by atoms with van der Waals surface area (Å²) in [5.41, 5.74) is 12.3. The minimum atomic E-state index is -1.04. The Morgan fingerprint density at radius 1 is 1.03 bits per heavy atom. The molecule has 3 aromatic rings. The van der Waals surface area contributed by atoms with Crippen molar-refractivity contribution in [2.45, 2.75) is 6.54 Å². The van der Waals surface area contributed by atoms with E-state index in [0.717, 1.165) is 16.9 Å². The van der Waals surface area contributed by atoms with Crippen LogP contribution in [0.15, 0.2) is 60.7 Å². The third-order valence-corrected chi connectivity index (χ3v) is 5.58. The van der Waals surface area contributed by atoms with Gasteiger partial charge in [-0.25, -0.2) is 9.59 Å². The van der Waals surface area contributed by atoms with Gasteiger partial charge in [-0.2, -0.15) is 0 Å². The number of hydrogen-bond acceptors (Lipinski definition) is 5. The van der Waals surface area contributed by atoms with Gasteiger partial charge >= 0.3 is 12.1 Å². The van der Waals surface area contributed by atoms with Crippen LogP contribution in [0.5, 0.6) is 5.75 Å². The highest BCUT2D eigenvalue weighted by Gasteiger charge is 2.18. The molecule has 1 heterocycles. The average molecular weight is 455 g/mol. The zero-order chi connectivity index (χ0) is 23.1. The largest absolute Gasteiger partial charge is 0.491 e. The first-order valence-corrected chi connectivity index (χ1v) is 10.4. The van der Waals surface area contributed by atoms with Crippen LogP contribution in [0.25, 0.3) is 10.4 Å². The van der Waals surface area contributed by atoms with E-state index in [9.17, 15) is 19.5 Å². The maximum atomic E-state index is 11.7. The number of rotatable bonds is 9. The number of primary amides is 2. The van der Waals surface area contributed by atoms with Crippen molar-refractivity contribution >= 4 is 34.4 Å². The number of carbonyl (C=O) groups is 3. The third kappa shape index (κ3) is 5.76. The number of benzene rings is 2. The number of para-hydroxylation sites is 1. The monoisotopic (exact) mass is 454 g/mol. The van der Waals surface area contributed by atoms with E-state index in [0.29, 0.717) is 16.2 Å². The van der Waals surface area contributed by atoms with Gasteiger partial charge in [-0.05, 0) is 23.8 Å². The number of anilines is 1. The number of nitrogens with zero attached hydrogens (tertiary/aromatic N) is 1. The molecule has 0 aliphatic carbocycles. The van der Waals surface area contributed by atoms with Crippen molar-refractivity contribution in [1.82, 2.24) is 4.90 Å². The van der Waals surface area contributed by atoms with Gasteiger partial charge in [-0.15, -0.1) is 11.3 Å². The van der Waals surface area contributed by atoms with Crippen LogP contribution >= 0.6 is 11.3 Å². The van der Waals surface area contributed by atoms with Crippen molar-refractivity contribution in [3.63, 3.8) is 0 Å². The number of hydrogen-bond donors (Lipinski definition) is 4. The van der Waals surface area contributed by atoms with E-state index in [1.807, 2.05) is 30.3 Å². The summed E-state index contributed by atoms with van der Waals surface area (Å²) < 4.78 is 5.87. The molecule has 0 saturated heterocycles. The number of thiophene rings is 1. The number of nitrogens with two attached hydrogens (primary N) is 2. The average Bonchev–Trinajstić information content (AvgIpc) is 3.17. The van der Waals surface area contributed by atoms with Crippen molar-refractivity contribution in [3.8, 4) is 16.2 Å². The molecule has 3 rings (SSSR count). The normalized spacial score (nSPS) is 10.4. The summed E-state index contributed by atoms with van der Waals surface area (Å²) >= 11 is 1.13. The highest BCUT2D eigenvalue weighted by molar-refractivity contribution is 7.20. The van der Waals surface area contributed by atoms with Gasteiger partial charge in [-0.3, -0.25) is 10.1 Å². The Morgan fingerprint density at radius 2 is 1.72 bits per heavy atom. The molecule has 0 aliphatic heterocycles. The predicted octanol–water partition coefficient (Wildman–Crippen LogP) is 3.56. The minimum Gasteiger partial charge on any atom is -0.491 e. The predicted molar refractivity (Wildman–Crippen MR) is 122 cm³/mol. The van der Waals surface area contributed by atoms with Crippen molar-refractivity contribution < 1.29 is 24.2 Å². The molecule has 32 heavy (non-hydrogen) atoms. The second-order valence-electron chi connectivity index (χ2n) is 6.74. The summed E-state index contributed by atoms with van der Waals surface area (Å²) in [6.07, 6.45) is -1.04. The van der Waals surface area contributed by atoms with Crippen molar-refractivity contribution in [2.75, 3.05) is 18.5 Å². The molecule has 0 fully saturated rings. The van der Waals surface area contributed by atoms with E-state index in [2.05, 4.69) is 5.32 Å². The van der Waals surface area contributed by atoms with Gasteiger partial charge in [0.05, 0.1) is 12.1 Å². The van der Waals surface area contributed by atoms with E-state index in [-0.39, 0.29) is 30.3 Å². The van der Waals surface area contributed by atoms with Crippen molar-refractivity contribution in [1.29, 1.82) is 0 Å². The van der Waals surface area contributed by atoms with Gasteiger partial charge in [0.15, 0.2) is 0 Å². The maximum absolute atomic E-state index is 11.7. The van der Waals surface area contributed by atoms with Gasteiger partial charge in [0, 0.05) is 17.0 Å². The number of nitrogens with one attached hydrogen (secondary N) is 1.